The molecule has 0 spiro atoms. The Morgan fingerprint density at radius 2 is 1.71 bits per heavy atom. The van der Waals surface area contributed by atoms with E-state index in [1.807, 2.05) is 50.2 Å². The van der Waals surface area contributed by atoms with Gasteiger partial charge in [-0.25, -0.2) is 4.79 Å². The molecule has 0 heterocycles. The number of benzene rings is 2. The van der Waals surface area contributed by atoms with Crippen molar-refractivity contribution in [3.8, 4) is 0 Å². The first-order valence-corrected chi connectivity index (χ1v) is 7.00. The van der Waals surface area contributed by atoms with Crippen LogP contribution in [-0.2, 0) is 0 Å². The van der Waals surface area contributed by atoms with Crippen LogP contribution in [0, 0.1) is 13.8 Å². The summed E-state index contributed by atoms with van der Waals surface area (Å²) in [6.45, 7) is 3.92. The van der Waals surface area contributed by atoms with Crippen LogP contribution < -0.4 is 10.6 Å². The van der Waals surface area contributed by atoms with Crippen LogP contribution in [0.15, 0.2) is 48.7 Å². The van der Waals surface area contributed by atoms with E-state index in [1.165, 1.54) is 0 Å². The SMILES string of the molecule is Cc1cccc(C)c1NC(=O)N/C=C/c1ccccc1Cl. The van der Waals surface area contributed by atoms with Gasteiger partial charge in [0.15, 0.2) is 0 Å². The van der Waals surface area contributed by atoms with Gasteiger partial charge in [-0.3, -0.25) is 0 Å². The topological polar surface area (TPSA) is 41.1 Å². The zero-order valence-corrected chi connectivity index (χ0v) is 12.7. The van der Waals surface area contributed by atoms with Gasteiger partial charge in [-0.05, 0) is 42.7 Å². The fraction of sp³-hybridized carbons (Fsp3) is 0.118. The molecule has 0 radical (unpaired) electrons. The van der Waals surface area contributed by atoms with Crippen LogP contribution in [0.3, 0.4) is 0 Å². The number of rotatable bonds is 3. The van der Waals surface area contributed by atoms with Gasteiger partial charge in [-0.15, -0.1) is 0 Å². The number of carbonyl (C=O) groups excluding carboxylic acids is 1. The third-order valence-corrected chi connectivity index (χ3v) is 3.45. The van der Waals surface area contributed by atoms with Gasteiger partial charge in [-0.2, -0.15) is 0 Å². The van der Waals surface area contributed by atoms with E-state index >= 15 is 0 Å². The number of hydrogen-bond acceptors (Lipinski definition) is 1. The van der Waals surface area contributed by atoms with Crippen molar-refractivity contribution in [1.29, 1.82) is 0 Å². The molecule has 0 unspecified atom stereocenters. The fourth-order valence-corrected chi connectivity index (χ4v) is 2.18. The molecule has 2 aromatic rings. The van der Waals surface area contributed by atoms with Crippen LogP contribution in [0.1, 0.15) is 16.7 Å². The van der Waals surface area contributed by atoms with Crippen LogP contribution >= 0.6 is 11.6 Å². The first-order chi connectivity index (χ1) is 10.1. The molecule has 0 saturated heterocycles. The number of para-hydroxylation sites is 1. The second-order valence-electron chi connectivity index (χ2n) is 4.72. The summed E-state index contributed by atoms with van der Waals surface area (Å²) in [5.41, 5.74) is 3.74. The van der Waals surface area contributed by atoms with Gasteiger partial charge in [0.25, 0.3) is 0 Å². The molecule has 2 rings (SSSR count). The molecular weight excluding hydrogens is 284 g/mol. The van der Waals surface area contributed by atoms with Gasteiger partial charge < -0.3 is 10.6 Å². The van der Waals surface area contributed by atoms with Crippen molar-refractivity contribution in [2.45, 2.75) is 13.8 Å². The maximum absolute atomic E-state index is 11.9. The lowest BCUT2D eigenvalue weighted by Crippen LogP contribution is -2.24. The second-order valence-corrected chi connectivity index (χ2v) is 5.13. The Kier molecular flexibility index (Phi) is 5.01. The van der Waals surface area contributed by atoms with Crippen molar-refractivity contribution in [1.82, 2.24) is 5.32 Å². The number of anilines is 1. The van der Waals surface area contributed by atoms with E-state index in [0.717, 1.165) is 22.4 Å². The predicted octanol–water partition coefficient (Wildman–Crippen LogP) is 4.75. The molecule has 3 nitrogen and oxygen atoms in total. The first-order valence-electron chi connectivity index (χ1n) is 6.63. The van der Waals surface area contributed by atoms with Crippen LogP contribution in [0.5, 0.6) is 0 Å². The molecule has 0 atom stereocenters. The van der Waals surface area contributed by atoms with Crippen molar-refractivity contribution in [2.75, 3.05) is 5.32 Å². The normalized spacial score (nSPS) is 10.6. The lowest BCUT2D eigenvalue weighted by molar-refractivity contribution is 0.255. The van der Waals surface area contributed by atoms with E-state index in [1.54, 1.807) is 18.3 Å². The van der Waals surface area contributed by atoms with Crippen molar-refractivity contribution < 1.29 is 4.79 Å². The standard InChI is InChI=1S/C17H17ClN2O/c1-12-6-5-7-13(2)16(12)20-17(21)19-11-10-14-8-3-4-9-15(14)18/h3-11H,1-2H3,(H2,19,20,21)/b11-10+. The van der Waals surface area contributed by atoms with Crippen molar-refractivity contribution in [2.24, 2.45) is 0 Å². The summed E-state index contributed by atoms with van der Waals surface area (Å²) < 4.78 is 0. The number of hydrogen-bond donors (Lipinski definition) is 2. The lowest BCUT2D eigenvalue weighted by atomic mass is 10.1. The van der Waals surface area contributed by atoms with E-state index in [-0.39, 0.29) is 6.03 Å². The molecule has 0 fully saturated rings. The molecule has 0 bridgehead atoms. The molecule has 21 heavy (non-hydrogen) atoms. The predicted molar refractivity (Wildman–Crippen MR) is 88.6 cm³/mol. The Bertz CT molecular complexity index is 660. The third-order valence-electron chi connectivity index (χ3n) is 3.10. The van der Waals surface area contributed by atoms with Gasteiger partial charge in [0, 0.05) is 16.9 Å². The van der Waals surface area contributed by atoms with E-state index in [9.17, 15) is 4.79 Å². The fourth-order valence-electron chi connectivity index (χ4n) is 1.98. The van der Waals surface area contributed by atoms with E-state index < -0.39 is 0 Å². The van der Waals surface area contributed by atoms with Gasteiger partial charge in [0.1, 0.15) is 0 Å². The smallest absolute Gasteiger partial charge is 0.314 e. The number of carbonyl (C=O) groups is 1. The minimum absolute atomic E-state index is 0.282. The molecule has 0 saturated carbocycles. The molecule has 2 amide bonds. The zero-order chi connectivity index (χ0) is 15.2. The monoisotopic (exact) mass is 300 g/mol. The average molecular weight is 301 g/mol. The number of halogens is 1. The molecule has 4 heteroatoms. The highest BCUT2D eigenvalue weighted by Crippen LogP contribution is 2.19. The van der Waals surface area contributed by atoms with Crippen LogP contribution in [0.2, 0.25) is 5.02 Å². The number of amides is 2. The van der Waals surface area contributed by atoms with E-state index in [0.29, 0.717) is 5.02 Å². The molecule has 2 N–H and O–H groups in total. The van der Waals surface area contributed by atoms with Gasteiger partial charge in [0.2, 0.25) is 0 Å². The summed E-state index contributed by atoms with van der Waals surface area (Å²) >= 11 is 6.03. The third kappa shape index (κ3) is 4.10. The molecule has 0 aliphatic heterocycles. The van der Waals surface area contributed by atoms with E-state index in [4.69, 9.17) is 11.6 Å². The summed E-state index contributed by atoms with van der Waals surface area (Å²) in [5, 5.41) is 6.16. The van der Waals surface area contributed by atoms with Crippen molar-refractivity contribution in [3.63, 3.8) is 0 Å². The number of nitrogens with one attached hydrogen (secondary N) is 2. The maximum atomic E-state index is 11.9. The average Bonchev–Trinajstić information content (AvgIpc) is 2.45. The molecule has 2 aromatic carbocycles. The highest BCUT2D eigenvalue weighted by Gasteiger charge is 2.05. The van der Waals surface area contributed by atoms with Gasteiger partial charge in [0.05, 0.1) is 0 Å². The Balaban J connectivity index is 1.98. The van der Waals surface area contributed by atoms with Gasteiger partial charge >= 0.3 is 6.03 Å². The summed E-state index contributed by atoms with van der Waals surface area (Å²) in [6, 6.07) is 13.0. The Morgan fingerprint density at radius 3 is 2.38 bits per heavy atom. The summed E-state index contributed by atoms with van der Waals surface area (Å²) in [4.78, 5) is 11.9. The minimum atomic E-state index is -0.282. The quantitative estimate of drug-likeness (QED) is 0.844. The molecule has 0 aliphatic carbocycles. The molecule has 0 aromatic heterocycles. The van der Waals surface area contributed by atoms with Gasteiger partial charge in [-0.1, -0.05) is 48.0 Å². The molecular formula is C17H17ClN2O. The Labute approximate surface area is 129 Å². The summed E-state index contributed by atoms with van der Waals surface area (Å²) in [6.07, 6.45) is 3.33. The first kappa shape index (κ1) is 15.1. The van der Waals surface area contributed by atoms with Crippen LogP contribution in [0.4, 0.5) is 10.5 Å². The number of urea groups is 1. The number of aryl methyl sites for hydroxylation is 2. The second kappa shape index (κ2) is 6.95. The Hall–Kier alpha value is -2.26. The highest BCUT2D eigenvalue weighted by molar-refractivity contribution is 6.32. The largest absolute Gasteiger partial charge is 0.323 e. The maximum Gasteiger partial charge on any atom is 0.323 e. The minimum Gasteiger partial charge on any atom is -0.314 e. The molecule has 0 aliphatic rings. The van der Waals surface area contributed by atoms with Crippen LogP contribution in [0.25, 0.3) is 6.08 Å². The summed E-state index contributed by atoms with van der Waals surface area (Å²) in [7, 11) is 0. The zero-order valence-electron chi connectivity index (χ0n) is 12.0. The van der Waals surface area contributed by atoms with Crippen molar-refractivity contribution >= 4 is 29.4 Å². The highest BCUT2D eigenvalue weighted by atomic mass is 35.5. The van der Waals surface area contributed by atoms with Crippen LogP contribution in [-0.4, -0.2) is 6.03 Å². The van der Waals surface area contributed by atoms with E-state index in [2.05, 4.69) is 10.6 Å². The van der Waals surface area contributed by atoms with Crippen molar-refractivity contribution in [3.05, 3.63) is 70.4 Å². The molecule has 108 valence electrons. The Morgan fingerprint density at radius 1 is 1.05 bits per heavy atom. The summed E-state index contributed by atoms with van der Waals surface area (Å²) in [5.74, 6) is 0. The lowest BCUT2D eigenvalue weighted by Gasteiger charge is -2.10.